The van der Waals surface area contributed by atoms with E-state index >= 15 is 0 Å². The molecule has 2 aromatic heterocycles. The first-order valence-corrected chi connectivity index (χ1v) is 12.2. The van der Waals surface area contributed by atoms with Crippen LogP contribution in [0.5, 0.6) is 11.5 Å². The molecule has 0 aliphatic carbocycles. The number of aryl methyl sites for hydroxylation is 1. The van der Waals surface area contributed by atoms with Crippen molar-refractivity contribution in [2.75, 3.05) is 18.6 Å². The summed E-state index contributed by atoms with van der Waals surface area (Å²) in [5.41, 5.74) is 2.08. The number of ether oxygens (including phenoxy) is 2. The van der Waals surface area contributed by atoms with Gasteiger partial charge in [0.2, 0.25) is 5.76 Å². The van der Waals surface area contributed by atoms with E-state index in [2.05, 4.69) is 11.9 Å². The third-order valence-corrected chi connectivity index (χ3v) is 6.43. The zero-order valence-electron chi connectivity index (χ0n) is 20.6. The third-order valence-electron chi connectivity index (χ3n) is 6.43. The average Bonchev–Trinajstić information content (AvgIpc) is 3.20. The number of hydrogen-bond acceptors (Lipinski definition) is 6. The summed E-state index contributed by atoms with van der Waals surface area (Å²) in [6, 6.07) is 15.5. The fraction of sp³-hybridized carbons (Fsp3) is 0.276. The van der Waals surface area contributed by atoms with Crippen molar-refractivity contribution < 1.29 is 18.7 Å². The van der Waals surface area contributed by atoms with Gasteiger partial charge in [-0.25, -0.2) is 4.98 Å². The van der Waals surface area contributed by atoms with Gasteiger partial charge in [0.15, 0.2) is 16.9 Å². The zero-order valence-corrected chi connectivity index (χ0v) is 20.6. The van der Waals surface area contributed by atoms with Gasteiger partial charge in [0.25, 0.3) is 5.91 Å². The van der Waals surface area contributed by atoms with Crippen LogP contribution in [0.15, 0.2) is 70.0 Å². The van der Waals surface area contributed by atoms with Crippen LogP contribution >= 0.6 is 0 Å². The molecule has 1 unspecified atom stereocenters. The van der Waals surface area contributed by atoms with Crippen LogP contribution in [0.2, 0.25) is 0 Å². The Morgan fingerprint density at radius 2 is 1.89 bits per heavy atom. The molecule has 1 aliphatic heterocycles. The van der Waals surface area contributed by atoms with E-state index in [1.807, 2.05) is 31.2 Å². The largest absolute Gasteiger partial charge is 0.493 e. The first-order valence-electron chi connectivity index (χ1n) is 12.2. The van der Waals surface area contributed by atoms with E-state index < -0.39 is 11.9 Å². The van der Waals surface area contributed by atoms with Crippen LogP contribution in [0.1, 0.15) is 59.5 Å². The Balaban J connectivity index is 1.67. The number of nitrogens with zero attached hydrogens (tertiary/aromatic N) is 2. The first-order chi connectivity index (χ1) is 17.5. The maximum atomic E-state index is 13.8. The molecule has 36 heavy (non-hydrogen) atoms. The highest BCUT2D eigenvalue weighted by molar-refractivity contribution is 6.10. The third kappa shape index (κ3) is 4.11. The molecule has 4 aromatic rings. The Bertz CT molecular complexity index is 1480. The zero-order chi connectivity index (χ0) is 25.2. The smallest absolute Gasteiger partial charge is 0.296 e. The van der Waals surface area contributed by atoms with E-state index in [-0.39, 0.29) is 11.2 Å². The standard InChI is InChI=1S/C29H28N2O5/c1-4-5-8-15-35-22-13-11-19(17-23(22)34-3)26-25-27(32)20-16-18(2)10-12-21(20)36-28(25)29(33)31(26)24-9-6-7-14-30-24/h6-7,9-14,16-17,26H,4-5,8,15H2,1-3H3. The van der Waals surface area contributed by atoms with Gasteiger partial charge >= 0.3 is 0 Å². The number of carbonyl (C=O) groups excluding carboxylic acids is 1. The lowest BCUT2D eigenvalue weighted by Crippen LogP contribution is -2.30. The van der Waals surface area contributed by atoms with E-state index in [4.69, 9.17) is 13.9 Å². The van der Waals surface area contributed by atoms with Crippen molar-refractivity contribution in [1.29, 1.82) is 0 Å². The lowest BCUT2D eigenvalue weighted by atomic mass is 9.97. The Morgan fingerprint density at radius 1 is 1.03 bits per heavy atom. The number of pyridine rings is 1. The average molecular weight is 485 g/mol. The molecule has 0 N–H and O–H groups in total. The first kappa shape index (κ1) is 23.6. The number of rotatable bonds is 8. The van der Waals surface area contributed by atoms with E-state index in [1.54, 1.807) is 43.6 Å². The van der Waals surface area contributed by atoms with E-state index in [0.29, 0.717) is 46.0 Å². The number of hydrogen-bond donors (Lipinski definition) is 0. The number of unbranched alkanes of at least 4 members (excludes halogenated alkanes) is 2. The second-order valence-electron chi connectivity index (χ2n) is 8.91. The number of methoxy groups -OCH3 is 1. The summed E-state index contributed by atoms with van der Waals surface area (Å²) in [6.45, 7) is 4.65. The van der Waals surface area contributed by atoms with Crippen LogP contribution in [0, 0.1) is 6.92 Å². The molecule has 3 heterocycles. The highest BCUT2D eigenvalue weighted by Gasteiger charge is 2.44. The number of fused-ring (bicyclic) bond motifs is 2. The van der Waals surface area contributed by atoms with Crippen molar-refractivity contribution in [3.05, 3.63) is 93.5 Å². The molecule has 0 saturated heterocycles. The fourth-order valence-electron chi connectivity index (χ4n) is 4.64. The number of amides is 1. The molecule has 7 nitrogen and oxygen atoms in total. The minimum atomic E-state index is -0.730. The van der Waals surface area contributed by atoms with Gasteiger partial charge in [-0.05, 0) is 55.3 Å². The normalized spacial score (nSPS) is 14.8. The van der Waals surface area contributed by atoms with Crippen LogP contribution in [-0.4, -0.2) is 24.6 Å². The van der Waals surface area contributed by atoms with Crippen LogP contribution < -0.4 is 19.8 Å². The summed E-state index contributed by atoms with van der Waals surface area (Å²) in [4.78, 5) is 33.4. The van der Waals surface area contributed by atoms with Crippen LogP contribution in [0.25, 0.3) is 11.0 Å². The van der Waals surface area contributed by atoms with Crippen molar-refractivity contribution in [3.8, 4) is 11.5 Å². The molecule has 0 bridgehead atoms. The van der Waals surface area contributed by atoms with E-state index in [0.717, 1.165) is 24.8 Å². The molecule has 0 radical (unpaired) electrons. The summed E-state index contributed by atoms with van der Waals surface area (Å²) in [7, 11) is 1.58. The predicted molar refractivity (Wildman–Crippen MR) is 138 cm³/mol. The van der Waals surface area contributed by atoms with Gasteiger partial charge in [-0.1, -0.05) is 43.5 Å². The molecule has 0 saturated carbocycles. The van der Waals surface area contributed by atoms with Crippen molar-refractivity contribution in [2.24, 2.45) is 0 Å². The summed E-state index contributed by atoms with van der Waals surface area (Å²) in [5.74, 6) is 1.20. The molecule has 0 fully saturated rings. The fourth-order valence-corrected chi connectivity index (χ4v) is 4.64. The number of aromatic nitrogens is 1. The van der Waals surface area contributed by atoms with Gasteiger partial charge < -0.3 is 13.9 Å². The summed E-state index contributed by atoms with van der Waals surface area (Å²) >= 11 is 0. The summed E-state index contributed by atoms with van der Waals surface area (Å²) in [6.07, 6.45) is 4.76. The lowest BCUT2D eigenvalue weighted by Gasteiger charge is -2.25. The van der Waals surface area contributed by atoms with Gasteiger partial charge in [0.1, 0.15) is 11.4 Å². The van der Waals surface area contributed by atoms with Crippen molar-refractivity contribution in [2.45, 2.75) is 39.2 Å². The minimum Gasteiger partial charge on any atom is -0.493 e. The SMILES string of the molecule is CCCCCOc1ccc(C2c3c(oc4ccc(C)cc4c3=O)C(=O)N2c2ccccn2)cc1OC. The number of anilines is 1. The molecular weight excluding hydrogens is 456 g/mol. The van der Waals surface area contributed by atoms with Crippen molar-refractivity contribution in [1.82, 2.24) is 4.98 Å². The van der Waals surface area contributed by atoms with Gasteiger partial charge in [-0.15, -0.1) is 0 Å². The molecule has 0 spiro atoms. The molecule has 1 atom stereocenters. The monoisotopic (exact) mass is 484 g/mol. The Labute approximate surface area is 209 Å². The van der Waals surface area contributed by atoms with Gasteiger partial charge in [-0.3, -0.25) is 14.5 Å². The Morgan fingerprint density at radius 3 is 2.64 bits per heavy atom. The molecule has 5 rings (SSSR count). The highest BCUT2D eigenvalue weighted by Crippen LogP contribution is 2.42. The van der Waals surface area contributed by atoms with Crippen LogP contribution in [-0.2, 0) is 0 Å². The Kier molecular flexibility index (Phi) is 6.46. The maximum Gasteiger partial charge on any atom is 0.296 e. The maximum absolute atomic E-state index is 13.8. The van der Waals surface area contributed by atoms with Crippen molar-refractivity contribution in [3.63, 3.8) is 0 Å². The number of carbonyl (C=O) groups is 1. The van der Waals surface area contributed by atoms with Crippen LogP contribution in [0.3, 0.4) is 0 Å². The van der Waals surface area contributed by atoms with Gasteiger partial charge in [0.05, 0.1) is 30.7 Å². The summed E-state index contributed by atoms with van der Waals surface area (Å²) in [5, 5.41) is 0.442. The second-order valence-corrected chi connectivity index (χ2v) is 8.91. The quantitative estimate of drug-likeness (QED) is 0.293. The minimum absolute atomic E-state index is 0.0332. The van der Waals surface area contributed by atoms with Gasteiger partial charge in [-0.2, -0.15) is 0 Å². The molecule has 184 valence electrons. The molecule has 7 heteroatoms. The van der Waals surface area contributed by atoms with Gasteiger partial charge in [0, 0.05) is 6.20 Å². The number of benzene rings is 2. The lowest BCUT2D eigenvalue weighted by molar-refractivity contribution is 0.0970. The topological polar surface area (TPSA) is 81.9 Å². The predicted octanol–water partition coefficient (Wildman–Crippen LogP) is 5.82. The molecule has 1 aliphatic rings. The van der Waals surface area contributed by atoms with E-state index in [1.165, 1.54) is 4.90 Å². The van der Waals surface area contributed by atoms with Crippen LogP contribution in [0.4, 0.5) is 5.82 Å². The second kappa shape index (κ2) is 9.85. The molecular formula is C29H28N2O5. The highest BCUT2D eigenvalue weighted by atomic mass is 16.5. The molecule has 2 aromatic carbocycles. The van der Waals surface area contributed by atoms with E-state index in [9.17, 15) is 9.59 Å². The molecule has 1 amide bonds. The van der Waals surface area contributed by atoms with Crippen molar-refractivity contribution >= 4 is 22.7 Å². The summed E-state index contributed by atoms with van der Waals surface area (Å²) < 4.78 is 17.6. The Hall–Kier alpha value is -4.13.